The van der Waals surface area contributed by atoms with E-state index in [0.717, 1.165) is 25.3 Å². The summed E-state index contributed by atoms with van der Waals surface area (Å²) in [6, 6.07) is 0. The Morgan fingerprint density at radius 3 is 2.47 bits per heavy atom. The van der Waals surface area contributed by atoms with Crippen LogP contribution < -0.4 is 11.1 Å². The first-order valence-corrected chi connectivity index (χ1v) is 6.90. The third-order valence-electron chi connectivity index (χ3n) is 3.74. The van der Waals surface area contributed by atoms with Crippen molar-refractivity contribution in [3.63, 3.8) is 0 Å². The van der Waals surface area contributed by atoms with Gasteiger partial charge in [0.1, 0.15) is 0 Å². The van der Waals surface area contributed by atoms with Crippen LogP contribution in [0.5, 0.6) is 0 Å². The molecular weight excluding hydrogens is 212 g/mol. The second-order valence-electron chi connectivity index (χ2n) is 6.43. The van der Waals surface area contributed by atoms with Gasteiger partial charge in [0.15, 0.2) is 0 Å². The summed E-state index contributed by atoms with van der Waals surface area (Å²) < 4.78 is 0. The molecule has 100 valence electrons. The smallest absolute Gasteiger partial charge is 0.220 e. The van der Waals surface area contributed by atoms with Crippen molar-refractivity contribution >= 4 is 5.91 Å². The summed E-state index contributed by atoms with van der Waals surface area (Å²) in [6.45, 7) is 8.29. The van der Waals surface area contributed by atoms with Crippen LogP contribution in [0.4, 0.5) is 0 Å². The van der Waals surface area contributed by atoms with Crippen molar-refractivity contribution in [2.75, 3.05) is 13.1 Å². The molecular formula is C14H28N2O. The van der Waals surface area contributed by atoms with E-state index >= 15 is 0 Å². The van der Waals surface area contributed by atoms with Crippen molar-refractivity contribution in [3.8, 4) is 0 Å². The van der Waals surface area contributed by atoms with Crippen molar-refractivity contribution in [2.45, 2.75) is 52.9 Å². The van der Waals surface area contributed by atoms with E-state index in [9.17, 15) is 4.79 Å². The molecule has 0 radical (unpaired) electrons. The third kappa shape index (κ3) is 6.06. The molecule has 1 saturated carbocycles. The predicted octanol–water partition coefficient (Wildman–Crippen LogP) is 2.30. The highest BCUT2D eigenvalue weighted by atomic mass is 16.1. The van der Waals surface area contributed by atoms with Crippen LogP contribution in [0.2, 0.25) is 0 Å². The van der Waals surface area contributed by atoms with Gasteiger partial charge in [0.2, 0.25) is 5.91 Å². The quantitative estimate of drug-likeness (QED) is 0.717. The molecule has 1 atom stereocenters. The van der Waals surface area contributed by atoms with Crippen molar-refractivity contribution in [1.82, 2.24) is 5.32 Å². The first-order valence-electron chi connectivity index (χ1n) is 6.90. The summed E-state index contributed by atoms with van der Waals surface area (Å²) >= 11 is 0. The van der Waals surface area contributed by atoms with Crippen LogP contribution >= 0.6 is 0 Å². The van der Waals surface area contributed by atoms with E-state index in [0.29, 0.717) is 18.9 Å². The van der Waals surface area contributed by atoms with Crippen LogP contribution in [-0.2, 0) is 4.79 Å². The van der Waals surface area contributed by atoms with Crippen LogP contribution in [0.3, 0.4) is 0 Å². The Morgan fingerprint density at radius 1 is 1.35 bits per heavy atom. The van der Waals surface area contributed by atoms with E-state index in [1.165, 1.54) is 12.8 Å². The van der Waals surface area contributed by atoms with E-state index in [2.05, 4.69) is 26.1 Å². The molecule has 1 aliphatic carbocycles. The van der Waals surface area contributed by atoms with Gasteiger partial charge in [-0.25, -0.2) is 0 Å². The van der Waals surface area contributed by atoms with Crippen LogP contribution in [0.15, 0.2) is 0 Å². The van der Waals surface area contributed by atoms with E-state index in [-0.39, 0.29) is 11.3 Å². The lowest BCUT2D eigenvalue weighted by Crippen LogP contribution is -2.28. The molecule has 3 heteroatoms. The van der Waals surface area contributed by atoms with Gasteiger partial charge in [0.25, 0.3) is 0 Å². The summed E-state index contributed by atoms with van der Waals surface area (Å²) in [4.78, 5) is 11.7. The van der Waals surface area contributed by atoms with Gasteiger partial charge in [0.05, 0.1) is 0 Å². The number of hydrogen-bond donors (Lipinski definition) is 2. The predicted molar refractivity (Wildman–Crippen MR) is 71.6 cm³/mol. The maximum Gasteiger partial charge on any atom is 0.220 e. The molecule has 0 aromatic carbocycles. The number of carbonyl (C=O) groups is 1. The SMILES string of the molecule is CC(C)(C)C(CCN)CCC(=O)NCC1CC1. The van der Waals surface area contributed by atoms with Gasteiger partial charge >= 0.3 is 0 Å². The third-order valence-corrected chi connectivity index (χ3v) is 3.74. The highest BCUT2D eigenvalue weighted by Crippen LogP contribution is 2.32. The average molecular weight is 240 g/mol. The molecule has 1 amide bonds. The topological polar surface area (TPSA) is 55.1 Å². The number of carbonyl (C=O) groups excluding carboxylic acids is 1. The zero-order valence-electron chi connectivity index (χ0n) is 11.6. The van der Waals surface area contributed by atoms with E-state index in [1.807, 2.05) is 0 Å². The number of hydrogen-bond acceptors (Lipinski definition) is 2. The maximum atomic E-state index is 11.7. The average Bonchev–Trinajstić information content (AvgIpc) is 3.03. The summed E-state index contributed by atoms with van der Waals surface area (Å²) in [7, 11) is 0. The molecule has 1 unspecified atom stereocenters. The Labute approximate surface area is 106 Å². The molecule has 0 aromatic rings. The van der Waals surface area contributed by atoms with Gasteiger partial charge < -0.3 is 11.1 Å². The van der Waals surface area contributed by atoms with E-state index in [4.69, 9.17) is 5.73 Å². The largest absolute Gasteiger partial charge is 0.356 e. The van der Waals surface area contributed by atoms with E-state index < -0.39 is 0 Å². The van der Waals surface area contributed by atoms with Gasteiger partial charge in [-0.2, -0.15) is 0 Å². The minimum atomic E-state index is 0.211. The molecule has 3 nitrogen and oxygen atoms in total. The second-order valence-corrected chi connectivity index (χ2v) is 6.43. The fraction of sp³-hybridized carbons (Fsp3) is 0.929. The van der Waals surface area contributed by atoms with Crippen LogP contribution in [-0.4, -0.2) is 19.0 Å². The van der Waals surface area contributed by atoms with Crippen molar-refractivity contribution in [2.24, 2.45) is 23.0 Å². The summed E-state index contributed by atoms with van der Waals surface area (Å²) in [5.41, 5.74) is 5.88. The van der Waals surface area contributed by atoms with Gasteiger partial charge in [-0.05, 0) is 49.5 Å². The fourth-order valence-electron chi connectivity index (χ4n) is 2.19. The lowest BCUT2D eigenvalue weighted by Gasteiger charge is -2.30. The second kappa shape index (κ2) is 6.39. The summed E-state index contributed by atoms with van der Waals surface area (Å²) in [6.07, 6.45) is 5.20. The molecule has 0 heterocycles. The van der Waals surface area contributed by atoms with Gasteiger partial charge in [0, 0.05) is 13.0 Å². The molecule has 0 aliphatic heterocycles. The number of rotatable bonds is 7. The van der Waals surface area contributed by atoms with Crippen molar-refractivity contribution in [3.05, 3.63) is 0 Å². The van der Waals surface area contributed by atoms with E-state index in [1.54, 1.807) is 0 Å². The van der Waals surface area contributed by atoms with Crippen molar-refractivity contribution in [1.29, 1.82) is 0 Å². The molecule has 0 spiro atoms. The molecule has 0 bridgehead atoms. The van der Waals surface area contributed by atoms with Crippen molar-refractivity contribution < 1.29 is 4.79 Å². The Morgan fingerprint density at radius 2 is 2.00 bits per heavy atom. The monoisotopic (exact) mass is 240 g/mol. The fourth-order valence-corrected chi connectivity index (χ4v) is 2.19. The Bertz CT molecular complexity index is 241. The van der Waals surface area contributed by atoms with Gasteiger partial charge in [-0.15, -0.1) is 0 Å². The zero-order valence-corrected chi connectivity index (χ0v) is 11.6. The summed E-state index contributed by atoms with van der Waals surface area (Å²) in [5, 5.41) is 3.02. The Balaban J connectivity index is 2.22. The molecule has 1 aliphatic rings. The van der Waals surface area contributed by atoms with Gasteiger partial charge in [-0.1, -0.05) is 20.8 Å². The highest BCUT2D eigenvalue weighted by Gasteiger charge is 2.25. The first kappa shape index (κ1) is 14.5. The highest BCUT2D eigenvalue weighted by molar-refractivity contribution is 5.75. The van der Waals surface area contributed by atoms with Crippen LogP contribution in [0.1, 0.15) is 52.9 Å². The lowest BCUT2D eigenvalue weighted by molar-refractivity contribution is -0.121. The molecule has 0 aromatic heterocycles. The molecule has 1 rings (SSSR count). The molecule has 0 saturated heterocycles. The molecule has 1 fully saturated rings. The number of amides is 1. The summed E-state index contributed by atoms with van der Waals surface area (Å²) in [5.74, 6) is 1.52. The van der Waals surface area contributed by atoms with Gasteiger partial charge in [-0.3, -0.25) is 4.79 Å². The maximum absolute atomic E-state index is 11.7. The Kier molecular flexibility index (Phi) is 5.44. The molecule has 17 heavy (non-hydrogen) atoms. The lowest BCUT2D eigenvalue weighted by atomic mass is 9.76. The minimum absolute atomic E-state index is 0.211. The first-order chi connectivity index (χ1) is 7.93. The minimum Gasteiger partial charge on any atom is -0.356 e. The Hall–Kier alpha value is -0.570. The van der Waals surface area contributed by atoms with Crippen LogP contribution in [0, 0.1) is 17.3 Å². The number of nitrogens with two attached hydrogens (primary N) is 1. The molecule has 3 N–H and O–H groups in total. The normalized spacial score (nSPS) is 17.9. The number of nitrogens with one attached hydrogen (secondary N) is 1. The standard InChI is InChI=1S/C14H28N2O/c1-14(2,3)12(8-9-15)6-7-13(17)16-10-11-4-5-11/h11-12H,4-10,15H2,1-3H3,(H,16,17). The van der Waals surface area contributed by atoms with Crippen LogP contribution in [0.25, 0.3) is 0 Å². The zero-order chi connectivity index (χ0) is 12.9.